The van der Waals surface area contributed by atoms with E-state index in [1.54, 1.807) is 29.9 Å². The van der Waals surface area contributed by atoms with Crippen LogP contribution in [0.5, 0.6) is 0 Å². The highest BCUT2D eigenvalue weighted by molar-refractivity contribution is 7.99. The largest absolute Gasteiger partial charge is 0.313 e. The summed E-state index contributed by atoms with van der Waals surface area (Å²) in [4.78, 5) is 13.0. The molecule has 0 saturated carbocycles. The molecule has 1 atom stereocenters. The van der Waals surface area contributed by atoms with Crippen LogP contribution in [0.2, 0.25) is 0 Å². The molecule has 6 heteroatoms. The molecule has 3 heterocycles. The number of nitrogens with zero attached hydrogens (tertiary/aromatic N) is 3. The average Bonchev–Trinajstić information content (AvgIpc) is 2.98. The molecule has 0 spiro atoms. The van der Waals surface area contributed by atoms with Crippen LogP contribution in [-0.4, -0.2) is 39.0 Å². The number of hydrogen-bond acceptors (Lipinski definition) is 6. The zero-order valence-corrected chi connectivity index (χ0v) is 12.9. The number of thiazole rings is 1. The maximum atomic E-state index is 4.63. The van der Waals surface area contributed by atoms with Gasteiger partial charge in [0.05, 0.1) is 11.9 Å². The number of hydrogen-bond donors (Lipinski definition) is 1. The van der Waals surface area contributed by atoms with E-state index in [2.05, 4.69) is 37.4 Å². The van der Waals surface area contributed by atoms with Crippen molar-refractivity contribution in [1.82, 2.24) is 20.3 Å². The van der Waals surface area contributed by atoms with Gasteiger partial charge in [0.25, 0.3) is 0 Å². The van der Waals surface area contributed by atoms with E-state index >= 15 is 0 Å². The van der Waals surface area contributed by atoms with Crippen LogP contribution in [0.3, 0.4) is 0 Å². The van der Waals surface area contributed by atoms with Crippen molar-refractivity contribution in [3.8, 4) is 10.7 Å². The fourth-order valence-electron chi connectivity index (χ4n) is 2.26. The van der Waals surface area contributed by atoms with Crippen LogP contribution in [0.15, 0.2) is 24.0 Å². The van der Waals surface area contributed by atoms with Gasteiger partial charge in [-0.25, -0.2) is 4.98 Å². The summed E-state index contributed by atoms with van der Waals surface area (Å²) in [7, 11) is 0. The normalized spacial score (nSPS) is 19.1. The van der Waals surface area contributed by atoms with Gasteiger partial charge in [-0.2, -0.15) is 11.8 Å². The molecule has 4 nitrogen and oxygen atoms in total. The highest BCUT2D eigenvalue weighted by Crippen LogP contribution is 2.21. The van der Waals surface area contributed by atoms with E-state index in [0.717, 1.165) is 29.4 Å². The van der Waals surface area contributed by atoms with Crippen molar-refractivity contribution >= 4 is 23.1 Å². The highest BCUT2D eigenvalue weighted by atomic mass is 32.2. The Labute approximate surface area is 127 Å². The molecule has 1 fully saturated rings. The molecule has 0 aromatic carbocycles. The molecular formula is C14H18N4S2. The van der Waals surface area contributed by atoms with Gasteiger partial charge in [0.2, 0.25) is 0 Å². The van der Waals surface area contributed by atoms with Crippen molar-refractivity contribution in [2.45, 2.75) is 25.3 Å². The third-order valence-electron chi connectivity index (χ3n) is 3.31. The molecule has 0 aliphatic carbocycles. The third-order valence-corrected chi connectivity index (χ3v) is 5.44. The predicted octanol–water partition coefficient (Wildman–Crippen LogP) is 2.63. The molecule has 1 N–H and O–H groups in total. The van der Waals surface area contributed by atoms with E-state index in [4.69, 9.17) is 0 Å². The molecule has 0 amide bonds. The molecular weight excluding hydrogens is 288 g/mol. The van der Waals surface area contributed by atoms with E-state index in [9.17, 15) is 0 Å². The Morgan fingerprint density at radius 1 is 1.35 bits per heavy atom. The van der Waals surface area contributed by atoms with Gasteiger partial charge in [-0.3, -0.25) is 9.97 Å². The van der Waals surface area contributed by atoms with Crippen molar-refractivity contribution in [3.05, 3.63) is 29.7 Å². The van der Waals surface area contributed by atoms with E-state index in [1.165, 1.54) is 24.3 Å². The summed E-state index contributed by atoms with van der Waals surface area (Å²) in [6, 6.07) is 0.687. The summed E-state index contributed by atoms with van der Waals surface area (Å²) >= 11 is 3.70. The zero-order chi connectivity index (χ0) is 13.6. The SMILES string of the molecule is c1cnc(-c2nc(CCN[C@H]3CCCSC3)cs2)cn1. The van der Waals surface area contributed by atoms with Crippen molar-refractivity contribution in [3.63, 3.8) is 0 Å². The molecule has 2 aromatic rings. The summed E-state index contributed by atoms with van der Waals surface area (Å²) in [6.45, 7) is 1.01. The minimum Gasteiger partial charge on any atom is -0.313 e. The first-order valence-corrected chi connectivity index (χ1v) is 8.97. The molecule has 2 aromatic heterocycles. The van der Waals surface area contributed by atoms with Crippen molar-refractivity contribution in [1.29, 1.82) is 0 Å². The second kappa shape index (κ2) is 7.15. The predicted molar refractivity (Wildman–Crippen MR) is 85.2 cm³/mol. The Balaban J connectivity index is 1.50. The van der Waals surface area contributed by atoms with Crippen molar-refractivity contribution < 1.29 is 0 Å². The lowest BCUT2D eigenvalue weighted by atomic mass is 10.2. The molecule has 1 aliphatic heterocycles. The van der Waals surface area contributed by atoms with Crippen LogP contribution in [0, 0.1) is 0 Å². The monoisotopic (exact) mass is 306 g/mol. The van der Waals surface area contributed by atoms with Gasteiger partial charge in [0.15, 0.2) is 0 Å². The molecule has 0 unspecified atom stereocenters. The van der Waals surface area contributed by atoms with Gasteiger partial charge in [-0.05, 0) is 18.6 Å². The fraction of sp³-hybridized carbons (Fsp3) is 0.500. The van der Waals surface area contributed by atoms with Gasteiger partial charge >= 0.3 is 0 Å². The number of rotatable bonds is 5. The topological polar surface area (TPSA) is 50.7 Å². The van der Waals surface area contributed by atoms with Crippen molar-refractivity contribution in [2.75, 3.05) is 18.1 Å². The molecule has 20 heavy (non-hydrogen) atoms. The maximum Gasteiger partial charge on any atom is 0.143 e. The van der Waals surface area contributed by atoms with Crippen LogP contribution >= 0.6 is 23.1 Å². The quantitative estimate of drug-likeness (QED) is 0.920. The first kappa shape index (κ1) is 14.0. The summed E-state index contributed by atoms with van der Waals surface area (Å²) in [6.07, 6.45) is 8.80. The summed E-state index contributed by atoms with van der Waals surface area (Å²) in [5, 5.41) is 6.72. The lowest BCUT2D eigenvalue weighted by Crippen LogP contribution is -2.35. The summed E-state index contributed by atoms with van der Waals surface area (Å²) in [5.74, 6) is 2.58. The number of nitrogens with one attached hydrogen (secondary N) is 1. The highest BCUT2D eigenvalue weighted by Gasteiger charge is 2.13. The molecule has 3 rings (SSSR count). The van der Waals surface area contributed by atoms with Crippen LogP contribution in [-0.2, 0) is 6.42 Å². The average molecular weight is 306 g/mol. The number of thioether (sulfide) groups is 1. The van der Waals surface area contributed by atoms with Gasteiger partial charge in [-0.1, -0.05) is 0 Å². The van der Waals surface area contributed by atoms with E-state index in [-0.39, 0.29) is 0 Å². The minimum atomic E-state index is 0.687. The maximum absolute atomic E-state index is 4.63. The first-order valence-electron chi connectivity index (χ1n) is 6.94. The Morgan fingerprint density at radius 3 is 3.15 bits per heavy atom. The molecule has 0 bridgehead atoms. The molecule has 106 valence electrons. The van der Waals surface area contributed by atoms with Gasteiger partial charge in [0, 0.05) is 42.5 Å². The van der Waals surface area contributed by atoms with Crippen LogP contribution in [0.4, 0.5) is 0 Å². The van der Waals surface area contributed by atoms with Crippen LogP contribution in [0.25, 0.3) is 10.7 Å². The zero-order valence-electron chi connectivity index (χ0n) is 11.3. The lowest BCUT2D eigenvalue weighted by molar-refractivity contribution is 0.510. The lowest BCUT2D eigenvalue weighted by Gasteiger charge is -2.22. The van der Waals surface area contributed by atoms with Crippen LogP contribution < -0.4 is 5.32 Å². The Kier molecular flexibility index (Phi) is 5.00. The molecule has 1 saturated heterocycles. The van der Waals surface area contributed by atoms with Crippen molar-refractivity contribution in [2.24, 2.45) is 0 Å². The Morgan fingerprint density at radius 2 is 2.35 bits per heavy atom. The Hall–Kier alpha value is -0.980. The second-order valence-electron chi connectivity index (χ2n) is 4.85. The number of aromatic nitrogens is 3. The summed E-state index contributed by atoms with van der Waals surface area (Å²) < 4.78 is 0. The van der Waals surface area contributed by atoms with Gasteiger partial charge < -0.3 is 5.32 Å². The third kappa shape index (κ3) is 3.77. The van der Waals surface area contributed by atoms with E-state index < -0.39 is 0 Å². The standard InChI is InChI=1S/C14H18N4S2/c1-2-11(9-19-7-1)16-4-3-12-10-20-14(18-12)13-8-15-5-6-17-13/h5-6,8,10-11,16H,1-4,7,9H2/t11-/m0/s1. The minimum absolute atomic E-state index is 0.687. The van der Waals surface area contributed by atoms with Gasteiger partial charge in [0.1, 0.15) is 10.7 Å². The Bertz CT molecular complexity index is 523. The smallest absolute Gasteiger partial charge is 0.143 e. The molecule has 0 radical (unpaired) electrons. The summed E-state index contributed by atoms with van der Waals surface area (Å²) in [5.41, 5.74) is 2.01. The fourth-order valence-corrected chi connectivity index (χ4v) is 4.18. The van der Waals surface area contributed by atoms with E-state index in [1.807, 2.05) is 0 Å². The van der Waals surface area contributed by atoms with Crippen LogP contribution in [0.1, 0.15) is 18.5 Å². The first-order chi connectivity index (χ1) is 9.92. The molecule has 1 aliphatic rings. The van der Waals surface area contributed by atoms with Gasteiger partial charge in [-0.15, -0.1) is 11.3 Å². The van der Waals surface area contributed by atoms with E-state index in [0.29, 0.717) is 6.04 Å². The second-order valence-corrected chi connectivity index (χ2v) is 6.86.